The maximum absolute atomic E-state index is 11.5. The van der Waals surface area contributed by atoms with Gasteiger partial charge in [-0.2, -0.15) is 0 Å². The second kappa shape index (κ2) is 5.39. The molecular formula is C12H16N2O3S. The fraction of sp³-hybridized carbons (Fsp3) is 0.500. The summed E-state index contributed by atoms with van der Waals surface area (Å²) in [6.45, 7) is 2.02. The van der Waals surface area contributed by atoms with Crippen LogP contribution in [0.4, 0.5) is 9.80 Å². The van der Waals surface area contributed by atoms with E-state index in [9.17, 15) is 9.59 Å². The summed E-state index contributed by atoms with van der Waals surface area (Å²) in [5.74, 6) is -0.485. The van der Waals surface area contributed by atoms with E-state index < -0.39 is 12.0 Å². The largest absolute Gasteiger partial charge is 0.450 e. The molecule has 0 fully saturated rings. The van der Waals surface area contributed by atoms with Crippen LogP contribution in [0.2, 0.25) is 0 Å². The summed E-state index contributed by atoms with van der Waals surface area (Å²) in [4.78, 5) is 24.1. The Balaban J connectivity index is 2.31. The molecule has 0 saturated heterocycles. The first kappa shape index (κ1) is 12.9. The average Bonchev–Trinajstić information content (AvgIpc) is 2.66. The number of nitrogens with one attached hydrogen (secondary N) is 1. The van der Waals surface area contributed by atoms with Crippen LogP contribution < -0.4 is 11.1 Å². The van der Waals surface area contributed by atoms with Gasteiger partial charge in [0.1, 0.15) is 5.00 Å². The molecule has 5 nitrogen and oxygen atoms in total. The number of nitrogens with two attached hydrogens (primary N) is 1. The first-order chi connectivity index (χ1) is 8.63. The van der Waals surface area contributed by atoms with E-state index in [1.165, 1.54) is 11.3 Å². The highest BCUT2D eigenvalue weighted by Crippen LogP contribution is 2.37. The third-order valence-corrected chi connectivity index (χ3v) is 4.12. The molecule has 0 radical (unpaired) electrons. The van der Waals surface area contributed by atoms with E-state index in [0.29, 0.717) is 17.2 Å². The van der Waals surface area contributed by atoms with Gasteiger partial charge in [-0.3, -0.25) is 10.1 Å². The molecule has 0 saturated carbocycles. The zero-order valence-corrected chi connectivity index (χ0v) is 11.1. The maximum atomic E-state index is 11.5. The topological polar surface area (TPSA) is 81.4 Å². The number of anilines is 1. The molecule has 18 heavy (non-hydrogen) atoms. The first-order valence-corrected chi connectivity index (χ1v) is 6.83. The maximum Gasteiger partial charge on any atom is 0.412 e. The van der Waals surface area contributed by atoms with E-state index in [4.69, 9.17) is 10.5 Å². The molecule has 1 aliphatic rings. The van der Waals surface area contributed by atoms with Crippen molar-refractivity contribution in [1.29, 1.82) is 0 Å². The fourth-order valence-electron chi connectivity index (χ4n) is 2.17. The third kappa shape index (κ3) is 2.48. The SMILES string of the molecule is CCOC(=O)Nc1sc2c(c1C(N)=O)CCCC2. The predicted molar refractivity (Wildman–Crippen MR) is 70.1 cm³/mol. The van der Waals surface area contributed by atoms with Crippen molar-refractivity contribution in [2.45, 2.75) is 32.6 Å². The van der Waals surface area contributed by atoms with E-state index in [1.807, 2.05) is 0 Å². The van der Waals surface area contributed by atoms with Crippen molar-refractivity contribution in [2.75, 3.05) is 11.9 Å². The lowest BCUT2D eigenvalue weighted by atomic mass is 9.95. The van der Waals surface area contributed by atoms with E-state index >= 15 is 0 Å². The van der Waals surface area contributed by atoms with Gasteiger partial charge in [0.15, 0.2) is 0 Å². The van der Waals surface area contributed by atoms with Gasteiger partial charge in [0, 0.05) is 4.88 Å². The van der Waals surface area contributed by atoms with Crippen molar-refractivity contribution in [1.82, 2.24) is 0 Å². The fourth-order valence-corrected chi connectivity index (χ4v) is 3.45. The smallest absolute Gasteiger partial charge is 0.412 e. The standard InChI is InChI=1S/C12H16N2O3S/c1-2-17-12(16)14-11-9(10(13)15)7-5-3-4-6-8(7)18-11/h2-6H2,1H3,(H2,13,15)(H,14,16). The number of ether oxygens (including phenoxy) is 1. The van der Waals surface area contributed by atoms with E-state index in [0.717, 1.165) is 36.1 Å². The number of thiophene rings is 1. The first-order valence-electron chi connectivity index (χ1n) is 6.01. The molecule has 0 aromatic carbocycles. The van der Waals surface area contributed by atoms with Gasteiger partial charge in [-0.15, -0.1) is 11.3 Å². The van der Waals surface area contributed by atoms with Crippen LogP contribution in [-0.2, 0) is 17.6 Å². The van der Waals surface area contributed by atoms with Gasteiger partial charge in [-0.05, 0) is 38.2 Å². The summed E-state index contributed by atoms with van der Waals surface area (Å²) >= 11 is 1.43. The molecule has 2 amide bonds. The van der Waals surface area contributed by atoms with Crippen LogP contribution in [0.3, 0.4) is 0 Å². The number of rotatable bonds is 3. The number of hydrogen-bond acceptors (Lipinski definition) is 4. The highest BCUT2D eigenvalue weighted by atomic mass is 32.1. The normalized spacial score (nSPS) is 13.8. The van der Waals surface area contributed by atoms with Crippen molar-refractivity contribution in [3.63, 3.8) is 0 Å². The Kier molecular flexibility index (Phi) is 3.86. The summed E-state index contributed by atoms with van der Waals surface area (Å²) in [6.07, 6.45) is 3.44. The van der Waals surface area contributed by atoms with Gasteiger partial charge in [0.2, 0.25) is 0 Å². The van der Waals surface area contributed by atoms with Crippen LogP contribution in [0.25, 0.3) is 0 Å². The summed E-state index contributed by atoms with van der Waals surface area (Å²) in [5.41, 5.74) is 6.87. The van der Waals surface area contributed by atoms with Gasteiger partial charge in [-0.1, -0.05) is 0 Å². The molecule has 1 aliphatic carbocycles. The number of hydrogen-bond donors (Lipinski definition) is 2. The van der Waals surface area contributed by atoms with Crippen molar-refractivity contribution in [2.24, 2.45) is 5.73 Å². The zero-order chi connectivity index (χ0) is 13.1. The lowest BCUT2D eigenvalue weighted by Crippen LogP contribution is -2.19. The van der Waals surface area contributed by atoms with Gasteiger partial charge < -0.3 is 10.5 Å². The highest BCUT2D eigenvalue weighted by molar-refractivity contribution is 7.17. The van der Waals surface area contributed by atoms with Crippen molar-refractivity contribution in [3.8, 4) is 0 Å². The van der Waals surface area contributed by atoms with Gasteiger partial charge in [0.05, 0.1) is 12.2 Å². The van der Waals surface area contributed by atoms with Crippen molar-refractivity contribution < 1.29 is 14.3 Å². The minimum atomic E-state index is -0.543. The molecular weight excluding hydrogens is 252 g/mol. The number of carbonyl (C=O) groups excluding carboxylic acids is 2. The number of amides is 2. The van der Waals surface area contributed by atoms with Gasteiger partial charge in [-0.25, -0.2) is 4.79 Å². The Labute approximate surface area is 109 Å². The number of aryl methyl sites for hydroxylation is 1. The molecule has 2 rings (SSSR count). The van der Waals surface area contributed by atoms with Crippen molar-refractivity contribution >= 4 is 28.3 Å². The molecule has 98 valence electrons. The van der Waals surface area contributed by atoms with Crippen LogP contribution in [0, 0.1) is 0 Å². The second-order valence-corrected chi connectivity index (χ2v) is 5.23. The highest BCUT2D eigenvalue weighted by Gasteiger charge is 2.24. The summed E-state index contributed by atoms with van der Waals surface area (Å²) in [5, 5.41) is 3.13. The molecule has 1 aromatic rings. The number of primary amides is 1. The van der Waals surface area contributed by atoms with Gasteiger partial charge >= 0.3 is 6.09 Å². The van der Waals surface area contributed by atoms with Crippen LogP contribution in [0.5, 0.6) is 0 Å². The van der Waals surface area contributed by atoms with E-state index in [2.05, 4.69) is 5.32 Å². The van der Waals surface area contributed by atoms with Crippen molar-refractivity contribution in [3.05, 3.63) is 16.0 Å². The Morgan fingerprint density at radius 3 is 2.78 bits per heavy atom. The van der Waals surface area contributed by atoms with Crippen LogP contribution in [0.15, 0.2) is 0 Å². The Hall–Kier alpha value is -1.56. The molecule has 1 aromatic heterocycles. The molecule has 0 spiro atoms. The number of carbonyl (C=O) groups is 2. The minimum absolute atomic E-state index is 0.294. The minimum Gasteiger partial charge on any atom is -0.450 e. The summed E-state index contributed by atoms with van der Waals surface area (Å²) < 4.78 is 4.82. The monoisotopic (exact) mass is 268 g/mol. The lowest BCUT2D eigenvalue weighted by molar-refractivity contribution is 0.100. The van der Waals surface area contributed by atoms with E-state index in [1.54, 1.807) is 6.92 Å². The Morgan fingerprint density at radius 2 is 2.11 bits per heavy atom. The lowest BCUT2D eigenvalue weighted by Gasteiger charge is -2.11. The molecule has 1 heterocycles. The van der Waals surface area contributed by atoms with Crippen LogP contribution >= 0.6 is 11.3 Å². The number of fused-ring (bicyclic) bond motifs is 1. The Bertz CT molecular complexity index is 482. The summed E-state index contributed by atoms with van der Waals surface area (Å²) in [6, 6.07) is 0. The molecule has 0 atom stereocenters. The second-order valence-electron chi connectivity index (χ2n) is 4.12. The third-order valence-electron chi connectivity index (χ3n) is 2.91. The summed E-state index contributed by atoms with van der Waals surface area (Å²) in [7, 11) is 0. The molecule has 0 bridgehead atoms. The quantitative estimate of drug-likeness (QED) is 0.882. The Morgan fingerprint density at radius 1 is 1.39 bits per heavy atom. The van der Waals surface area contributed by atoms with Crippen LogP contribution in [-0.4, -0.2) is 18.6 Å². The predicted octanol–water partition coefficient (Wildman–Crippen LogP) is 2.29. The molecule has 0 unspecified atom stereocenters. The van der Waals surface area contributed by atoms with Gasteiger partial charge in [0.25, 0.3) is 5.91 Å². The molecule has 0 aliphatic heterocycles. The molecule has 6 heteroatoms. The van der Waals surface area contributed by atoms with E-state index in [-0.39, 0.29) is 0 Å². The molecule has 3 N–H and O–H groups in total. The zero-order valence-electron chi connectivity index (χ0n) is 10.2. The van der Waals surface area contributed by atoms with Crippen LogP contribution in [0.1, 0.15) is 40.6 Å². The average molecular weight is 268 g/mol.